The van der Waals surface area contributed by atoms with E-state index in [1.165, 1.54) is 24.3 Å². The fourth-order valence-electron chi connectivity index (χ4n) is 3.12. The van der Waals surface area contributed by atoms with Crippen LogP contribution in [0.2, 0.25) is 5.02 Å². The van der Waals surface area contributed by atoms with Gasteiger partial charge in [-0.1, -0.05) is 35.0 Å². The van der Waals surface area contributed by atoms with E-state index in [-0.39, 0.29) is 12.2 Å². The molecule has 142 valence electrons. The number of halogens is 2. The molecule has 1 N–H and O–H groups in total. The predicted octanol–water partition coefficient (Wildman–Crippen LogP) is 2.41. The molecule has 2 aliphatic rings. The van der Waals surface area contributed by atoms with Gasteiger partial charge in [-0.2, -0.15) is 5.11 Å². The van der Waals surface area contributed by atoms with Crippen molar-refractivity contribution in [2.45, 2.75) is 12.1 Å². The fourth-order valence-corrected chi connectivity index (χ4v) is 3.31. The van der Waals surface area contributed by atoms with E-state index in [1.54, 1.807) is 24.3 Å². The quantitative estimate of drug-likeness (QED) is 0.796. The molecular weight excluding hydrogens is 389 g/mol. The van der Waals surface area contributed by atoms with Gasteiger partial charge in [0.2, 0.25) is 5.91 Å². The van der Waals surface area contributed by atoms with Crippen LogP contribution in [0.15, 0.2) is 58.9 Å². The molecule has 2 aliphatic heterocycles. The Bertz CT molecular complexity index is 1010. The minimum atomic E-state index is -1.03. The molecule has 2 atom stereocenters. The lowest BCUT2D eigenvalue weighted by Gasteiger charge is -2.20. The van der Waals surface area contributed by atoms with Gasteiger partial charge in [0.15, 0.2) is 12.1 Å². The molecule has 4 rings (SSSR count). The number of nitrogens with zero attached hydrogens (tertiary/aromatic N) is 4. The van der Waals surface area contributed by atoms with E-state index in [2.05, 4.69) is 15.7 Å². The topological polar surface area (TPSA) is 94.4 Å². The smallest absolute Gasteiger partial charge is 0.263 e. The Morgan fingerprint density at radius 1 is 1.14 bits per heavy atom. The number of hydrogen-bond donors (Lipinski definition) is 1. The van der Waals surface area contributed by atoms with Crippen molar-refractivity contribution in [3.63, 3.8) is 0 Å². The minimum Gasteiger partial charge on any atom is -0.322 e. The van der Waals surface area contributed by atoms with Gasteiger partial charge in [0.05, 0.1) is 11.4 Å². The lowest BCUT2D eigenvalue weighted by molar-refractivity contribution is -0.123. The Balaban J connectivity index is 1.50. The van der Waals surface area contributed by atoms with Gasteiger partial charge >= 0.3 is 0 Å². The Kier molecular flexibility index (Phi) is 4.52. The number of nitrogens with one attached hydrogen (secondary N) is 1. The average molecular weight is 402 g/mol. The van der Waals surface area contributed by atoms with Crippen LogP contribution in [0.5, 0.6) is 0 Å². The average Bonchev–Trinajstić information content (AvgIpc) is 3.17. The molecule has 10 heteroatoms. The highest BCUT2D eigenvalue weighted by Gasteiger charge is 2.55. The first-order chi connectivity index (χ1) is 13.5. The van der Waals surface area contributed by atoms with E-state index in [4.69, 9.17) is 11.6 Å². The van der Waals surface area contributed by atoms with Crippen molar-refractivity contribution < 1.29 is 18.8 Å². The summed E-state index contributed by atoms with van der Waals surface area (Å²) in [5.41, 5.74) is 0.331. The van der Waals surface area contributed by atoms with Crippen LogP contribution in [-0.2, 0) is 14.4 Å². The number of benzene rings is 2. The first-order valence-electron chi connectivity index (χ1n) is 8.31. The van der Waals surface area contributed by atoms with Crippen molar-refractivity contribution >= 4 is 40.7 Å². The number of amides is 3. The van der Waals surface area contributed by atoms with Crippen LogP contribution in [0.25, 0.3) is 0 Å². The molecule has 0 radical (unpaired) electrons. The zero-order valence-corrected chi connectivity index (χ0v) is 15.0. The van der Waals surface area contributed by atoms with Gasteiger partial charge in [0.25, 0.3) is 11.8 Å². The normalized spacial score (nSPS) is 20.6. The van der Waals surface area contributed by atoms with Crippen molar-refractivity contribution in [1.82, 2.24) is 5.01 Å². The highest BCUT2D eigenvalue weighted by molar-refractivity contribution is 6.31. The molecule has 2 aromatic carbocycles. The third-order valence-electron chi connectivity index (χ3n) is 4.38. The Hall–Kier alpha value is -3.33. The maximum atomic E-state index is 13.7. The molecule has 8 nitrogen and oxygen atoms in total. The van der Waals surface area contributed by atoms with Crippen LogP contribution in [-0.4, -0.2) is 41.4 Å². The molecular formula is C18H13ClFN5O3. The lowest BCUT2D eigenvalue weighted by Crippen LogP contribution is -2.43. The van der Waals surface area contributed by atoms with E-state index in [0.717, 1.165) is 9.91 Å². The molecule has 3 amide bonds. The van der Waals surface area contributed by atoms with Crippen molar-refractivity contribution in [3.05, 3.63) is 59.4 Å². The monoisotopic (exact) mass is 401 g/mol. The lowest BCUT2D eigenvalue weighted by atomic mass is 10.1. The highest BCUT2D eigenvalue weighted by atomic mass is 35.5. The second kappa shape index (κ2) is 7.01. The van der Waals surface area contributed by atoms with Crippen molar-refractivity contribution in [1.29, 1.82) is 0 Å². The number of imide groups is 1. The summed E-state index contributed by atoms with van der Waals surface area (Å²) in [4.78, 5) is 38.7. The van der Waals surface area contributed by atoms with Crippen LogP contribution in [0.1, 0.15) is 0 Å². The molecule has 0 aromatic heterocycles. The largest absolute Gasteiger partial charge is 0.322 e. The predicted molar refractivity (Wildman–Crippen MR) is 98.1 cm³/mol. The van der Waals surface area contributed by atoms with Crippen LogP contribution >= 0.6 is 11.6 Å². The second-order valence-corrected chi connectivity index (χ2v) is 6.65. The molecule has 0 saturated carbocycles. The van der Waals surface area contributed by atoms with E-state index in [1.807, 2.05) is 0 Å². The van der Waals surface area contributed by atoms with Gasteiger partial charge < -0.3 is 5.32 Å². The minimum absolute atomic E-state index is 0.00886. The Labute approximate surface area is 163 Å². The SMILES string of the molecule is O=C(CN1N=N[C@@H]2C(=O)N(c3cccc(Cl)c3)C(=O)[C@H]21)Nc1ccccc1F. The van der Waals surface area contributed by atoms with Crippen LogP contribution in [0.3, 0.4) is 0 Å². The number of fused-ring (bicyclic) bond motifs is 1. The van der Waals surface area contributed by atoms with Gasteiger partial charge in [-0.25, -0.2) is 9.29 Å². The molecule has 2 aromatic rings. The number of carbonyl (C=O) groups excluding carboxylic acids is 3. The maximum Gasteiger partial charge on any atom is 0.263 e. The summed E-state index contributed by atoms with van der Waals surface area (Å²) in [6.45, 7) is -0.360. The van der Waals surface area contributed by atoms with Crippen LogP contribution < -0.4 is 10.2 Å². The van der Waals surface area contributed by atoms with Gasteiger partial charge in [-0.3, -0.25) is 19.4 Å². The van der Waals surface area contributed by atoms with Crippen LogP contribution in [0.4, 0.5) is 15.8 Å². The molecule has 0 aliphatic carbocycles. The van der Waals surface area contributed by atoms with E-state index < -0.39 is 35.6 Å². The number of rotatable bonds is 4. The summed E-state index contributed by atoms with van der Waals surface area (Å²) in [7, 11) is 0. The summed E-state index contributed by atoms with van der Waals surface area (Å²) in [6.07, 6.45) is 0. The second-order valence-electron chi connectivity index (χ2n) is 6.21. The zero-order valence-electron chi connectivity index (χ0n) is 14.3. The van der Waals surface area contributed by atoms with Crippen molar-refractivity contribution in [2.75, 3.05) is 16.8 Å². The first-order valence-corrected chi connectivity index (χ1v) is 8.68. The number of carbonyl (C=O) groups is 3. The molecule has 1 fully saturated rings. The third-order valence-corrected chi connectivity index (χ3v) is 4.61. The summed E-state index contributed by atoms with van der Waals surface area (Å²) < 4.78 is 13.7. The molecule has 0 spiro atoms. The van der Waals surface area contributed by atoms with E-state index >= 15 is 0 Å². The van der Waals surface area contributed by atoms with Gasteiger partial charge in [-0.15, -0.1) is 0 Å². The summed E-state index contributed by atoms with van der Waals surface area (Å²) in [5.74, 6) is -2.28. The highest BCUT2D eigenvalue weighted by Crippen LogP contribution is 2.32. The Morgan fingerprint density at radius 3 is 2.68 bits per heavy atom. The third kappa shape index (κ3) is 3.09. The molecule has 0 bridgehead atoms. The van der Waals surface area contributed by atoms with E-state index in [9.17, 15) is 18.8 Å². The van der Waals surface area contributed by atoms with Crippen molar-refractivity contribution in [2.24, 2.45) is 10.3 Å². The molecule has 2 heterocycles. The number of hydrogen-bond acceptors (Lipinski definition) is 6. The summed E-state index contributed by atoms with van der Waals surface area (Å²) in [6, 6.07) is 9.94. The van der Waals surface area contributed by atoms with Crippen molar-refractivity contribution in [3.8, 4) is 0 Å². The van der Waals surface area contributed by atoms with Gasteiger partial charge in [0.1, 0.15) is 12.4 Å². The van der Waals surface area contributed by atoms with E-state index in [0.29, 0.717) is 10.7 Å². The van der Waals surface area contributed by atoms with Gasteiger partial charge in [-0.05, 0) is 30.3 Å². The fraction of sp³-hybridized carbons (Fsp3) is 0.167. The summed E-state index contributed by atoms with van der Waals surface area (Å²) in [5, 5.41) is 11.5. The zero-order chi connectivity index (χ0) is 19.8. The molecule has 1 saturated heterocycles. The molecule has 28 heavy (non-hydrogen) atoms. The number of para-hydroxylation sites is 1. The van der Waals surface area contributed by atoms with Gasteiger partial charge in [0, 0.05) is 5.02 Å². The summed E-state index contributed by atoms with van der Waals surface area (Å²) >= 11 is 5.94. The standard InChI is InChI=1S/C18H13ClFN5O3/c19-10-4-3-5-11(8-10)25-17(27)15-16(18(25)28)24(23-22-15)9-14(26)21-13-7-2-1-6-12(13)20/h1-8,15-16H,9H2,(H,21,26)/t15-,16-/m0/s1. The molecule has 0 unspecified atom stereocenters. The first kappa shape index (κ1) is 18.1. The van der Waals surface area contributed by atoms with Crippen LogP contribution in [0, 0.1) is 5.82 Å². The number of anilines is 2. The Morgan fingerprint density at radius 2 is 1.93 bits per heavy atom. The maximum absolute atomic E-state index is 13.7.